The summed E-state index contributed by atoms with van der Waals surface area (Å²) in [5, 5.41) is 24.6. The van der Waals surface area contributed by atoms with Crippen molar-refractivity contribution in [2.75, 3.05) is 13.1 Å². The first kappa shape index (κ1) is 14.8. The third-order valence-corrected chi connectivity index (χ3v) is 4.40. The first-order valence-electron chi connectivity index (χ1n) is 7.80. The number of H-pyrrole nitrogens is 1. The predicted molar refractivity (Wildman–Crippen MR) is 84.2 cm³/mol. The molecular weight excluding hydrogens is 310 g/mol. The van der Waals surface area contributed by atoms with Gasteiger partial charge in [0, 0.05) is 37.1 Å². The largest absolute Gasteiger partial charge is 0.391 e. The average Bonchev–Trinajstić information content (AvgIpc) is 3.27. The highest BCUT2D eigenvalue weighted by Crippen LogP contribution is 2.24. The summed E-state index contributed by atoms with van der Waals surface area (Å²) < 4.78 is 5.21. The molecule has 3 heterocycles. The second-order valence-electron chi connectivity index (χ2n) is 6.20. The third kappa shape index (κ3) is 2.65. The van der Waals surface area contributed by atoms with Crippen molar-refractivity contribution >= 4 is 16.9 Å². The number of aliphatic hydroxyl groups excluding tert-OH is 1. The summed E-state index contributed by atoms with van der Waals surface area (Å²) >= 11 is 0. The van der Waals surface area contributed by atoms with Crippen molar-refractivity contribution in [2.45, 2.75) is 19.4 Å². The molecular formula is C16H17N5O3. The molecule has 1 saturated heterocycles. The van der Waals surface area contributed by atoms with Crippen molar-refractivity contribution in [3.05, 3.63) is 41.3 Å². The minimum atomic E-state index is -0.574. The molecule has 0 spiro atoms. The Morgan fingerprint density at radius 3 is 2.96 bits per heavy atom. The van der Waals surface area contributed by atoms with E-state index in [1.54, 1.807) is 23.1 Å². The Morgan fingerprint density at radius 1 is 1.33 bits per heavy atom. The topological polar surface area (TPSA) is 108 Å². The lowest BCUT2D eigenvalue weighted by molar-refractivity contribution is 0.0764. The van der Waals surface area contributed by atoms with Crippen molar-refractivity contribution in [3.63, 3.8) is 0 Å². The molecule has 0 unspecified atom stereocenters. The van der Waals surface area contributed by atoms with Gasteiger partial charge in [0.1, 0.15) is 16.8 Å². The van der Waals surface area contributed by atoms with Gasteiger partial charge in [-0.15, -0.1) is 0 Å². The van der Waals surface area contributed by atoms with E-state index in [4.69, 9.17) is 4.52 Å². The first-order valence-corrected chi connectivity index (χ1v) is 7.80. The SMILES string of the molecule is Cc1cc(C[C@@H]2CN(C(=O)c3ccc4n[nH]nc4c3)C[C@H]2O)on1. The van der Waals surface area contributed by atoms with Gasteiger partial charge in [0.15, 0.2) is 0 Å². The van der Waals surface area contributed by atoms with E-state index < -0.39 is 6.10 Å². The summed E-state index contributed by atoms with van der Waals surface area (Å²) in [4.78, 5) is 14.3. The van der Waals surface area contributed by atoms with E-state index in [1.807, 2.05) is 13.0 Å². The van der Waals surface area contributed by atoms with Crippen LogP contribution in [-0.2, 0) is 6.42 Å². The maximum absolute atomic E-state index is 12.7. The lowest BCUT2D eigenvalue weighted by Gasteiger charge is -2.15. The highest BCUT2D eigenvalue weighted by Gasteiger charge is 2.35. The van der Waals surface area contributed by atoms with Gasteiger partial charge in [-0.1, -0.05) is 5.16 Å². The van der Waals surface area contributed by atoms with Crippen LogP contribution in [0, 0.1) is 12.8 Å². The summed E-state index contributed by atoms with van der Waals surface area (Å²) in [7, 11) is 0. The number of β-amino-alcohol motifs (C(OH)–C–C–N with tert-alkyl or cyclic N) is 1. The molecule has 1 amide bonds. The Kier molecular flexibility index (Phi) is 3.53. The van der Waals surface area contributed by atoms with Crippen molar-refractivity contribution < 1.29 is 14.4 Å². The van der Waals surface area contributed by atoms with Crippen LogP contribution in [0.4, 0.5) is 0 Å². The summed E-state index contributed by atoms with van der Waals surface area (Å²) in [5.74, 6) is 0.558. The van der Waals surface area contributed by atoms with Gasteiger partial charge in [0.05, 0.1) is 11.8 Å². The van der Waals surface area contributed by atoms with Crippen molar-refractivity contribution in [1.82, 2.24) is 25.5 Å². The molecule has 8 heteroatoms. The Morgan fingerprint density at radius 2 is 2.17 bits per heavy atom. The van der Waals surface area contributed by atoms with E-state index in [0.29, 0.717) is 36.1 Å². The van der Waals surface area contributed by atoms with Gasteiger partial charge in [-0.25, -0.2) is 0 Å². The maximum atomic E-state index is 12.7. The summed E-state index contributed by atoms with van der Waals surface area (Å²) in [5.41, 5.74) is 2.71. The molecule has 2 N–H and O–H groups in total. The molecule has 2 atom stereocenters. The van der Waals surface area contributed by atoms with E-state index in [2.05, 4.69) is 20.6 Å². The molecule has 8 nitrogen and oxygen atoms in total. The number of nitrogens with one attached hydrogen (secondary N) is 1. The molecule has 1 fully saturated rings. The fourth-order valence-corrected chi connectivity index (χ4v) is 3.15. The Balaban J connectivity index is 1.49. The molecule has 1 aromatic carbocycles. The highest BCUT2D eigenvalue weighted by atomic mass is 16.5. The molecule has 2 aromatic heterocycles. The van der Waals surface area contributed by atoms with Crippen LogP contribution < -0.4 is 0 Å². The van der Waals surface area contributed by atoms with Gasteiger partial charge in [-0.05, 0) is 25.1 Å². The van der Waals surface area contributed by atoms with Crippen molar-refractivity contribution in [2.24, 2.45) is 5.92 Å². The lowest BCUT2D eigenvalue weighted by Crippen LogP contribution is -2.29. The van der Waals surface area contributed by atoms with Crippen molar-refractivity contribution in [3.8, 4) is 0 Å². The molecule has 0 aliphatic carbocycles. The van der Waals surface area contributed by atoms with Gasteiger partial charge in [0.2, 0.25) is 0 Å². The smallest absolute Gasteiger partial charge is 0.254 e. The molecule has 0 bridgehead atoms. The zero-order valence-electron chi connectivity index (χ0n) is 13.1. The zero-order chi connectivity index (χ0) is 16.7. The fourth-order valence-electron chi connectivity index (χ4n) is 3.15. The molecule has 1 aliphatic rings. The van der Waals surface area contributed by atoms with Crippen molar-refractivity contribution in [1.29, 1.82) is 0 Å². The lowest BCUT2D eigenvalue weighted by atomic mass is 10.0. The number of aliphatic hydroxyl groups is 1. The van der Waals surface area contributed by atoms with Crippen LogP contribution in [-0.4, -0.2) is 55.7 Å². The van der Waals surface area contributed by atoms with E-state index >= 15 is 0 Å². The maximum Gasteiger partial charge on any atom is 0.254 e. The summed E-state index contributed by atoms with van der Waals surface area (Å²) in [6.07, 6.45) is -0.0103. The zero-order valence-corrected chi connectivity index (χ0v) is 13.1. The second kappa shape index (κ2) is 5.72. The Hall–Kier alpha value is -2.74. The third-order valence-electron chi connectivity index (χ3n) is 4.40. The van der Waals surface area contributed by atoms with Crippen LogP contribution in [0.1, 0.15) is 21.8 Å². The monoisotopic (exact) mass is 327 g/mol. The number of amides is 1. The van der Waals surface area contributed by atoms with Gasteiger partial charge in [-0.3, -0.25) is 4.79 Å². The number of rotatable bonds is 3. The highest BCUT2D eigenvalue weighted by molar-refractivity contribution is 5.97. The van der Waals surface area contributed by atoms with Crippen LogP contribution >= 0.6 is 0 Å². The van der Waals surface area contributed by atoms with Crippen LogP contribution in [0.15, 0.2) is 28.8 Å². The van der Waals surface area contributed by atoms with Crippen LogP contribution in [0.25, 0.3) is 11.0 Å². The Bertz CT molecular complexity index is 887. The summed E-state index contributed by atoms with van der Waals surface area (Å²) in [6, 6.07) is 7.05. The average molecular weight is 327 g/mol. The number of aromatic amines is 1. The number of carbonyl (C=O) groups is 1. The van der Waals surface area contributed by atoms with Gasteiger partial charge >= 0.3 is 0 Å². The molecule has 0 radical (unpaired) electrons. The normalized spacial score (nSPS) is 20.8. The number of likely N-dealkylation sites (tertiary alicyclic amines) is 1. The van der Waals surface area contributed by atoms with E-state index in [0.717, 1.165) is 11.5 Å². The molecule has 124 valence electrons. The van der Waals surface area contributed by atoms with Gasteiger partial charge in [-0.2, -0.15) is 15.4 Å². The number of hydrogen-bond donors (Lipinski definition) is 2. The molecule has 4 rings (SSSR count). The number of aryl methyl sites for hydroxylation is 1. The van der Waals surface area contributed by atoms with E-state index in [-0.39, 0.29) is 11.8 Å². The predicted octanol–water partition coefficient (Wildman–Crippen LogP) is 0.930. The number of carbonyl (C=O) groups excluding carboxylic acids is 1. The number of fused-ring (bicyclic) bond motifs is 1. The standard InChI is InChI=1S/C16H17N5O3/c1-9-4-12(24-19-9)5-11-7-21(8-15(11)22)16(23)10-2-3-13-14(6-10)18-20-17-13/h2-4,6,11,15,22H,5,7-8H2,1H3,(H,17,18,20)/t11-,15-/m1/s1. The quantitative estimate of drug-likeness (QED) is 0.741. The minimum Gasteiger partial charge on any atom is -0.391 e. The number of nitrogens with zero attached hydrogens (tertiary/aromatic N) is 4. The minimum absolute atomic E-state index is 0.0583. The second-order valence-corrected chi connectivity index (χ2v) is 6.20. The van der Waals surface area contributed by atoms with Gasteiger partial charge in [0.25, 0.3) is 5.91 Å². The molecule has 0 saturated carbocycles. The number of benzene rings is 1. The number of hydrogen-bond acceptors (Lipinski definition) is 6. The van der Waals surface area contributed by atoms with Crippen LogP contribution in [0.5, 0.6) is 0 Å². The molecule has 3 aromatic rings. The fraction of sp³-hybridized carbons (Fsp3) is 0.375. The van der Waals surface area contributed by atoms with Crippen LogP contribution in [0.3, 0.4) is 0 Å². The van der Waals surface area contributed by atoms with Gasteiger partial charge < -0.3 is 14.5 Å². The van der Waals surface area contributed by atoms with E-state index in [1.165, 1.54) is 0 Å². The van der Waals surface area contributed by atoms with Crippen LogP contribution in [0.2, 0.25) is 0 Å². The Labute approximate surface area is 137 Å². The first-order chi connectivity index (χ1) is 11.6. The van der Waals surface area contributed by atoms with E-state index in [9.17, 15) is 9.90 Å². The molecule has 1 aliphatic heterocycles. The number of aromatic nitrogens is 4. The summed E-state index contributed by atoms with van der Waals surface area (Å²) in [6.45, 7) is 2.65. The molecule has 24 heavy (non-hydrogen) atoms.